The number of H-pyrrole nitrogens is 1. The van der Waals surface area contributed by atoms with Crippen molar-refractivity contribution in [3.8, 4) is 11.1 Å². The smallest absolute Gasteiger partial charge is 0.227 e. The maximum Gasteiger partial charge on any atom is 0.227 e. The molecule has 96 valence electrons. The number of benzene rings is 2. The Hall–Kier alpha value is -2.88. The minimum Gasteiger partial charge on any atom is -0.504 e. The Morgan fingerprint density at radius 2 is 2.00 bits per heavy atom. The minimum absolute atomic E-state index is 0.221. The third kappa shape index (κ3) is 1.36. The molecule has 0 unspecified atom stereocenters. The van der Waals surface area contributed by atoms with Crippen LogP contribution in [0.4, 0.5) is 0 Å². The lowest BCUT2D eigenvalue weighted by Gasteiger charge is -2.16. The molecule has 0 saturated carbocycles. The summed E-state index contributed by atoms with van der Waals surface area (Å²) in [6, 6.07) is 9.50. The summed E-state index contributed by atoms with van der Waals surface area (Å²) in [4.78, 5) is 12.1. The highest BCUT2D eigenvalue weighted by Crippen LogP contribution is 2.36. The van der Waals surface area contributed by atoms with Crippen LogP contribution in [0.5, 0.6) is 0 Å². The SMILES string of the molecule is O=C1C(O)=Cc2c(-c3cn[nH]c3)ccc3cccc1c23. The summed E-state index contributed by atoms with van der Waals surface area (Å²) in [6.45, 7) is 0. The van der Waals surface area contributed by atoms with Crippen LogP contribution in [0.2, 0.25) is 0 Å². The van der Waals surface area contributed by atoms with Crippen LogP contribution in [0.15, 0.2) is 48.5 Å². The molecule has 1 heterocycles. The Balaban J connectivity index is 2.17. The van der Waals surface area contributed by atoms with Gasteiger partial charge in [0.25, 0.3) is 0 Å². The number of aromatic nitrogens is 2. The lowest BCUT2D eigenvalue weighted by molar-refractivity contribution is 0.0981. The van der Waals surface area contributed by atoms with E-state index in [9.17, 15) is 9.90 Å². The van der Waals surface area contributed by atoms with Crippen molar-refractivity contribution in [3.63, 3.8) is 0 Å². The van der Waals surface area contributed by atoms with Crippen LogP contribution in [0.3, 0.4) is 0 Å². The zero-order valence-electron chi connectivity index (χ0n) is 10.4. The number of nitrogens with zero attached hydrogens (tertiary/aromatic N) is 1. The number of hydrogen-bond acceptors (Lipinski definition) is 3. The van der Waals surface area contributed by atoms with E-state index < -0.39 is 0 Å². The summed E-state index contributed by atoms with van der Waals surface area (Å²) in [5.41, 5.74) is 3.27. The van der Waals surface area contributed by atoms with E-state index in [1.807, 2.05) is 24.3 Å². The normalized spacial score (nSPS) is 13.6. The van der Waals surface area contributed by atoms with Gasteiger partial charge in [-0.3, -0.25) is 9.89 Å². The van der Waals surface area contributed by atoms with Gasteiger partial charge in [-0.15, -0.1) is 0 Å². The van der Waals surface area contributed by atoms with Crippen LogP contribution >= 0.6 is 0 Å². The highest BCUT2D eigenvalue weighted by atomic mass is 16.3. The van der Waals surface area contributed by atoms with Gasteiger partial charge < -0.3 is 5.11 Å². The Morgan fingerprint density at radius 1 is 1.10 bits per heavy atom. The fourth-order valence-corrected chi connectivity index (χ4v) is 2.74. The van der Waals surface area contributed by atoms with Gasteiger partial charge in [0.2, 0.25) is 5.78 Å². The molecule has 1 aliphatic carbocycles. The molecule has 0 atom stereocenters. The second-order valence-corrected chi connectivity index (χ2v) is 4.78. The third-order valence-electron chi connectivity index (χ3n) is 3.65. The maximum absolute atomic E-state index is 12.1. The number of ketones is 1. The molecule has 1 aromatic heterocycles. The minimum atomic E-state index is -0.326. The average Bonchev–Trinajstić information content (AvgIpc) is 2.99. The highest BCUT2D eigenvalue weighted by molar-refractivity contribution is 6.22. The number of nitrogens with one attached hydrogen (secondary N) is 1. The molecule has 4 nitrogen and oxygen atoms in total. The topological polar surface area (TPSA) is 66.0 Å². The number of carbonyl (C=O) groups is 1. The van der Waals surface area contributed by atoms with E-state index in [1.165, 1.54) is 0 Å². The predicted octanol–water partition coefficient (Wildman–Crippen LogP) is 3.33. The number of hydrogen-bond donors (Lipinski definition) is 2. The van der Waals surface area contributed by atoms with Crippen molar-refractivity contribution in [1.82, 2.24) is 10.2 Å². The zero-order valence-corrected chi connectivity index (χ0v) is 10.4. The molecule has 4 heteroatoms. The standard InChI is InChI=1S/C16H10N2O2/c19-14-6-13-11(10-7-17-18-8-10)5-4-9-2-1-3-12(15(9)13)16(14)20/h1-8,19H,(H,17,18). The van der Waals surface area contributed by atoms with E-state index in [2.05, 4.69) is 10.2 Å². The lowest BCUT2D eigenvalue weighted by atomic mass is 9.87. The number of carbonyl (C=O) groups excluding carboxylic acids is 1. The van der Waals surface area contributed by atoms with Crippen LogP contribution in [0.25, 0.3) is 28.0 Å². The summed E-state index contributed by atoms with van der Waals surface area (Å²) in [6.07, 6.45) is 5.06. The molecule has 3 aromatic rings. The average molecular weight is 262 g/mol. The van der Waals surface area contributed by atoms with Crippen LogP contribution in [-0.2, 0) is 0 Å². The molecule has 0 amide bonds. The monoisotopic (exact) mass is 262 g/mol. The molecule has 0 spiro atoms. The largest absolute Gasteiger partial charge is 0.504 e. The van der Waals surface area contributed by atoms with Gasteiger partial charge in [0.1, 0.15) is 0 Å². The molecule has 1 aliphatic rings. The van der Waals surface area contributed by atoms with Crippen molar-refractivity contribution in [1.29, 1.82) is 0 Å². The fourth-order valence-electron chi connectivity index (χ4n) is 2.74. The van der Waals surface area contributed by atoms with Gasteiger partial charge >= 0.3 is 0 Å². The molecule has 2 aromatic carbocycles. The first-order chi connectivity index (χ1) is 9.75. The Morgan fingerprint density at radius 3 is 2.80 bits per heavy atom. The Kier molecular flexibility index (Phi) is 2.09. The van der Waals surface area contributed by atoms with Gasteiger partial charge in [0.05, 0.1) is 6.20 Å². The van der Waals surface area contributed by atoms with E-state index in [4.69, 9.17) is 0 Å². The molecule has 0 aliphatic heterocycles. The number of Topliss-reactive ketones (excluding diaryl/α,β-unsaturated/α-hetero) is 1. The van der Waals surface area contributed by atoms with Gasteiger partial charge in [0.15, 0.2) is 5.76 Å². The van der Waals surface area contributed by atoms with Crippen molar-refractivity contribution in [2.45, 2.75) is 0 Å². The molecule has 0 fully saturated rings. The molecule has 20 heavy (non-hydrogen) atoms. The number of allylic oxidation sites excluding steroid dienone is 1. The Bertz CT molecular complexity index is 877. The van der Waals surface area contributed by atoms with E-state index >= 15 is 0 Å². The fraction of sp³-hybridized carbons (Fsp3) is 0. The van der Waals surface area contributed by atoms with Gasteiger partial charge in [0, 0.05) is 22.7 Å². The summed E-state index contributed by atoms with van der Waals surface area (Å²) >= 11 is 0. The quantitative estimate of drug-likeness (QED) is 0.707. The molecular weight excluding hydrogens is 252 g/mol. The number of aliphatic hydroxyl groups excluding tert-OH is 1. The predicted molar refractivity (Wildman–Crippen MR) is 76.5 cm³/mol. The van der Waals surface area contributed by atoms with Crippen LogP contribution in [-0.4, -0.2) is 21.1 Å². The summed E-state index contributed by atoms with van der Waals surface area (Å²) in [5.74, 6) is -0.548. The molecule has 0 radical (unpaired) electrons. The zero-order chi connectivity index (χ0) is 13.7. The van der Waals surface area contributed by atoms with Gasteiger partial charge in [-0.25, -0.2) is 0 Å². The van der Waals surface area contributed by atoms with Crippen molar-refractivity contribution >= 4 is 22.6 Å². The number of rotatable bonds is 1. The molecule has 2 N–H and O–H groups in total. The van der Waals surface area contributed by atoms with Crippen molar-refractivity contribution in [2.24, 2.45) is 0 Å². The van der Waals surface area contributed by atoms with Gasteiger partial charge in [-0.05, 0) is 22.6 Å². The molecule has 0 saturated heterocycles. The van der Waals surface area contributed by atoms with E-state index in [0.717, 1.165) is 27.5 Å². The second-order valence-electron chi connectivity index (χ2n) is 4.78. The van der Waals surface area contributed by atoms with Crippen molar-refractivity contribution in [3.05, 3.63) is 59.6 Å². The summed E-state index contributed by atoms with van der Waals surface area (Å²) in [7, 11) is 0. The van der Waals surface area contributed by atoms with Crippen LogP contribution < -0.4 is 0 Å². The van der Waals surface area contributed by atoms with E-state index in [-0.39, 0.29) is 11.5 Å². The number of aliphatic hydroxyl groups is 1. The van der Waals surface area contributed by atoms with E-state index in [1.54, 1.807) is 24.5 Å². The van der Waals surface area contributed by atoms with Crippen LogP contribution in [0.1, 0.15) is 15.9 Å². The van der Waals surface area contributed by atoms with Crippen LogP contribution in [0, 0.1) is 0 Å². The first-order valence-electron chi connectivity index (χ1n) is 6.26. The molecule has 0 bridgehead atoms. The Labute approximate surface area is 114 Å². The third-order valence-corrected chi connectivity index (χ3v) is 3.65. The maximum atomic E-state index is 12.1. The summed E-state index contributed by atoms with van der Waals surface area (Å²) in [5, 5.41) is 18.5. The lowest BCUT2D eigenvalue weighted by Crippen LogP contribution is -2.09. The molecular formula is C16H10N2O2. The summed E-state index contributed by atoms with van der Waals surface area (Å²) < 4.78 is 0. The van der Waals surface area contributed by atoms with Crippen molar-refractivity contribution in [2.75, 3.05) is 0 Å². The van der Waals surface area contributed by atoms with E-state index in [0.29, 0.717) is 5.56 Å². The van der Waals surface area contributed by atoms with Gasteiger partial charge in [-0.2, -0.15) is 5.10 Å². The highest BCUT2D eigenvalue weighted by Gasteiger charge is 2.23. The number of aromatic amines is 1. The van der Waals surface area contributed by atoms with Gasteiger partial charge in [-0.1, -0.05) is 30.3 Å². The first-order valence-corrected chi connectivity index (χ1v) is 6.26. The second kappa shape index (κ2) is 3.81. The molecule has 4 rings (SSSR count). The first kappa shape index (κ1) is 11.0. The van der Waals surface area contributed by atoms with Crippen molar-refractivity contribution < 1.29 is 9.90 Å².